The van der Waals surface area contributed by atoms with Crippen LogP contribution in [0.2, 0.25) is 0 Å². The molecule has 0 spiro atoms. The standard InChI is InChI=1S/C9H14BrN3S/c10-4-3-8-2-1-5-13(6-8)9-12-11-7-14-9/h7-8H,1-6H2. The number of rotatable bonds is 3. The lowest BCUT2D eigenvalue weighted by atomic mass is 9.96. The minimum absolute atomic E-state index is 0.826. The molecule has 1 aromatic rings. The number of anilines is 1. The molecule has 0 radical (unpaired) electrons. The molecule has 78 valence electrons. The SMILES string of the molecule is BrCCC1CCCN(c2nncs2)C1. The first kappa shape index (κ1) is 10.4. The Morgan fingerprint density at radius 1 is 1.64 bits per heavy atom. The van der Waals surface area contributed by atoms with Crippen LogP contribution in [-0.2, 0) is 0 Å². The molecule has 0 bridgehead atoms. The number of aromatic nitrogens is 2. The molecule has 0 aliphatic carbocycles. The lowest BCUT2D eigenvalue weighted by Crippen LogP contribution is -2.35. The summed E-state index contributed by atoms with van der Waals surface area (Å²) < 4.78 is 0. The number of halogens is 1. The molecule has 3 nitrogen and oxygen atoms in total. The molecule has 2 rings (SSSR count). The molecule has 1 aliphatic heterocycles. The molecule has 1 atom stereocenters. The van der Waals surface area contributed by atoms with Gasteiger partial charge in [-0.05, 0) is 25.2 Å². The summed E-state index contributed by atoms with van der Waals surface area (Å²) >= 11 is 5.15. The van der Waals surface area contributed by atoms with E-state index in [0.29, 0.717) is 0 Å². The molecular formula is C9H14BrN3S. The molecular weight excluding hydrogens is 262 g/mol. The van der Waals surface area contributed by atoms with E-state index in [4.69, 9.17) is 0 Å². The van der Waals surface area contributed by atoms with Gasteiger partial charge in [-0.15, -0.1) is 10.2 Å². The molecule has 14 heavy (non-hydrogen) atoms. The van der Waals surface area contributed by atoms with Gasteiger partial charge in [0.15, 0.2) is 0 Å². The summed E-state index contributed by atoms with van der Waals surface area (Å²) in [6, 6.07) is 0. The first-order chi connectivity index (χ1) is 6.90. The van der Waals surface area contributed by atoms with E-state index in [1.165, 1.54) is 19.3 Å². The number of hydrogen-bond acceptors (Lipinski definition) is 4. The maximum atomic E-state index is 4.12. The third-order valence-electron chi connectivity index (χ3n) is 2.66. The average Bonchev–Trinajstić information content (AvgIpc) is 2.71. The lowest BCUT2D eigenvalue weighted by Gasteiger charge is -2.31. The van der Waals surface area contributed by atoms with Gasteiger partial charge in [-0.3, -0.25) is 0 Å². The van der Waals surface area contributed by atoms with Crippen molar-refractivity contribution in [1.29, 1.82) is 0 Å². The van der Waals surface area contributed by atoms with Gasteiger partial charge in [-0.25, -0.2) is 0 Å². The molecule has 0 saturated carbocycles. The Morgan fingerprint density at radius 2 is 2.57 bits per heavy atom. The van der Waals surface area contributed by atoms with Crippen molar-refractivity contribution in [3.8, 4) is 0 Å². The maximum absolute atomic E-state index is 4.12. The second-order valence-electron chi connectivity index (χ2n) is 3.65. The molecule has 1 unspecified atom stereocenters. The summed E-state index contributed by atoms with van der Waals surface area (Å²) in [6.45, 7) is 2.30. The van der Waals surface area contributed by atoms with Crippen LogP contribution in [0, 0.1) is 5.92 Å². The van der Waals surface area contributed by atoms with Crippen molar-refractivity contribution in [2.45, 2.75) is 19.3 Å². The first-order valence-electron chi connectivity index (χ1n) is 4.97. The number of piperidine rings is 1. The van der Waals surface area contributed by atoms with Crippen LogP contribution in [0.25, 0.3) is 0 Å². The second-order valence-corrected chi connectivity index (χ2v) is 5.26. The number of alkyl halides is 1. The molecule has 0 amide bonds. The normalized spacial score (nSPS) is 22.6. The van der Waals surface area contributed by atoms with Crippen molar-refractivity contribution in [1.82, 2.24) is 10.2 Å². The summed E-state index contributed by atoms with van der Waals surface area (Å²) in [7, 11) is 0. The molecule has 1 aromatic heterocycles. The summed E-state index contributed by atoms with van der Waals surface area (Å²) in [4.78, 5) is 2.37. The van der Waals surface area contributed by atoms with Gasteiger partial charge < -0.3 is 4.90 Å². The van der Waals surface area contributed by atoms with Crippen molar-refractivity contribution in [3.63, 3.8) is 0 Å². The van der Waals surface area contributed by atoms with Gasteiger partial charge in [-0.2, -0.15) is 0 Å². The van der Waals surface area contributed by atoms with Crippen LogP contribution >= 0.6 is 27.3 Å². The zero-order chi connectivity index (χ0) is 9.80. The monoisotopic (exact) mass is 275 g/mol. The minimum Gasteiger partial charge on any atom is -0.346 e. The van der Waals surface area contributed by atoms with E-state index in [1.54, 1.807) is 11.3 Å². The molecule has 2 heterocycles. The summed E-state index contributed by atoms with van der Waals surface area (Å²) in [6.07, 6.45) is 3.92. The quantitative estimate of drug-likeness (QED) is 0.794. The summed E-state index contributed by atoms with van der Waals surface area (Å²) in [5.41, 5.74) is 1.81. The second kappa shape index (κ2) is 5.07. The van der Waals surface area contributed by atoms with Gasteiger partial charge in [0, 0.05) is 18.4 Å². The lowest BCUT2D eigenvalue weighted by molar-refractivity contribution is 0.407. The Kier molecular flexibility index (Phi) is 3.75. The van der Waals surface area contributed by atoms with Crippen molar-refractivity contribution < 1.29 is 0 Å². The Bertz CT molecular complexity index is 263. The van der Waals surface area contributed by atoms with E-state index in [0.717, 1.165) is 29.5 Å². The predicted molar refractivity (Wildman–Crippen MR) is 63.3 cm³/mol. The minimum atomic E-state index is 0.826. The van der Waals surface area contributed by atoms with Crippen LogP contribution in [0.4, 0.5) is 5.13 Å². The molecule has 1 saturated heterocycles. The zero-order valence-corrected chi connectivity index (χ0v) is 10.4. The van der Waals surface area contributed by atoms with E-state index in [2.05, 4.69) is 31.0 Å². The fourth-order valence-electron chi connectivity index (χ4n) is 1.93. The van der Waals surface area contributed by atoms with E-state index >= 15 is 0 Å². The van der Waals surface area contributed by atoms with Crippen molar-refractivity contribution in [3.05, 3.63) is 5.51 Å². The average molecular weight is 276 g/mol. The third-order valence-corrected chi connectivity index (χ3v) is 3.86. The predicted octanol–water partition coefficient (Wildman–Crippen LogP) is 2.54. The highest BCUT2D eigenvalue weighted by molar-refractivity contribution is 9.09. The molecule has 0 aromatic carbocycles. The van der Waals surface area contributed by atoms with Crippen LogP contribution in [0.3, 0.4) is 0 Å². The number of hydrogen-bond donors (Lipinski definition) is 0. The van der Waals surface area contributed by atoms with Crippen LogP contribution < -0.4 is 4.90 Å². The Morgan fingerprint density at radius 3 is 3.29 bits per heavy atom. The first-order valence-corrected chi connectivity index (χ1v) is 6.97. The van der Waals surface area contributed by atoms with Crippen LogP contribution in [-0.4, -0.2) is 28.6 Å². The molecule has 0 N–H and O–H groups in total. The van der Waals surface area contributed by atoms with Gasteiger partial charge in [0.05, 0.1) is 0 Å². The fourth-order valence-corrected chi connectivity index (χ4v) is 3.18. The van der Waals surface area contributed by atoms with Crippen molar-refractivity contribution >= 4 is 32.4 Å². The largest absolute Gasteiger partial charge is 0.346 e. The van der Waals surface area contributed by atoms with Crippen LogP contribution in [0.1, 0.15) is 19.3 Å². The summed E-state index contributed by atoms with van der Waals surface area (Å²) in [5.74, 6) is 0.826. The molecule has 1 aliphatic rings. The van der Waals surface area contributed by atoms with Gasteiger partial charge >= 0.3 is 0 Å². The number of nitrogens with zero attached hydrogens (tertiary/aromatic N) is 3. The topological polar surface area (TPSA) is 29.0 Å². The van der Waals surface area contributed by atoms with Crippen LogP contribution in [0.5, 0.6) is 0 Å². The van der Waals surface area contributed by atoms with Gasteiger partial charge in [0.2, 0.25) is 5.13 Å². The van der Waals surface area contributed by atoms with Gasteiger partial charge in [-0.1, -0.05) is 27.3 Å². The highest BCUT2D eigenvalue weighted by Crippen LogP contribution is 2.25. The van der Waals surface area contributed by atoms with E-state index < -0.39 is 0 Å². The van der Waals surface area contributed by atoms with Crippen molar-refractivity contribution in [2.24, 2.45) is 5.92 Å². The molecule has 5 heteroatoms. The summed E-state index contributed by atoms with van der Waals surface area (Å²) in [5, 5.41) is 10.2. The Hall–Kier alpha value is -0.160. The Labute approximate surface area is 96.7 Å². The maximum Gasteiger partial charge on any atom is 0.208 e. The van der Waals surface area contributed by atoms with E-state index in [-0.39, 0.29) is 0 Å². The van der Waals surface area contributed by atoms with Gasteiger partial charge in [0.1, 0.15) is 5.51 Å². The smallest absolute Gasteiger partial charge is 0.208 e. The molecule has 1 fully saturated rings. The van der Waals surface area contributed by atoms with E-state index in [9.17, 15) is 0 Å². The van der Waals surface area contributed by atoms with E-state index in [1.807, 2.05) is 5.51 Å². The van der Waals surface area contributed by atoms with Gasteiger partial charge in [0.25, 0.3) is 0 Å². The highest BCUT2D eigenvalue weighted by atomic mass is 79.9. The Balaban J connectivity index is 1.94. The highest BCUT2D eigenvalue weighted by Gasteiger charge is 2.20. The fraction of sp³-hybridized carbons (Fsp3) is 0.778. The zero-order valence-electron chi connectivity index (χ0n) is 8.03. The van der Waals surface area contributed by atoms with Crippen LogP contribution in [0.15, 0.2) is 5.51 Å². The van der Waals surface area contributed by atoms with Crippen molar-refractivity contribution in [2.75, 3.05) is 23.3 Å². The third kappa shape index (κ3) is 2.45.